The number of hydrogen-bond donors (Lipinski definition) is 1. The predicted molar refractivity (Wildman–Crippen MR) is 99.7 cm³/mol. The first-order chi connectivity index (χ1) is 12.0. The molecule has 0 unspecified atom stereocenters. The van der Waals surface area contributed by atoms with Gasteiger partial charge in [0.05, 0.1) is 21.3 Å². The summed E-state index contributed by atoms with van der Waals surface area (Å²) in [5.74, 6) is -1.12. The molecule has 0 bridgehead atoms. The largest absolute Gasteiger partial charge is 0.352 e. The third-order valence-corrected chi connectivity index (χ3v) is 4.85. The first-order valence-electron chi connectivity index (χ1n) is 7.78. The summed E-state index contributed by atoms with van der Waals surface area (Å²) in [7, 11) is 0. The summed E-state index contributed by atoms with van der Waals surface area (Å²) >= 11 is 7.51. The molecule has 1 aromatic heterocycles. The van der Waals surface area contributed by atoms with Crippen LogP contribution in [0.2, 0.25) is 5.02 Å². The smallest absolute Gasteiger partial charge is 0.255 e. The van der Waals surface area contributed by atoms with Crippen LogP contribution >= 0.6 is 22.9 Å². The molecule has 0 aliphatic rings. The molecule has 0 saturated heterocycles. The molecule has 1 amide bonds. The fourth-order valence-electron chi connectivity index (χ4n) is 2.46. The van der Waals surface area contributed by atoms with Gasteiger partial charge in [-0.05, 0) is 31.0 Å². The van der Waals surface area contributed by atoms with E-state index in [0.29, 0.717) is 13.0 Å². The normalized spacial score (nSPS) is 10.7. The zero-order chi connectivity index (χ0) is 17.8. The van der Waals surface area contributed by atoms with Gasteiger partial charge in [0.1, 0.15) is 5.82 Å². The van der Waals surface area contributed by atoms with Crippen molar-refractivity contribution in [1.82, 2.24) is 10.3 Å². The third kappa shape index (κ3) is 4.24. The number of nitrogens with zero attached hydrogens (tertiary/aromatic N) is 1. The molecule has 3 rings (SSSR count). The van der Waals surface area contributed by atoms with Gasteiger partial charge in [-0.15, -0.1) is 11.3 Å². The average molecular weight is 375 g/mol. The van der Waals surface area contributed by atoms with E-state index in [-0.39, 0.29) is 10.6 Å². The lowest BCUT2D eigenvalue weighted by atomic mass is 10.1. The Morgan fingerprint density at radius 3 is 2.64 bits per heavy atom. The van der Waals surface area contributed by atoms with Gasteiger partial charge in [-0.25, -0.2) is 9.37 Å². The van der Waals surface area contributed by atoms with E-state index in [9.17, 15) is 9.18 Å². The van der Waals surface area contributed by atoms with Gasteiger partial charge >= 0.3 is 0 Å². The van der Waals surface area contributed by atoms with Crippen LogP contribution in [0.25, 0.3) is 11.3 Å². The van der Waals surface area contributed by atoms with Gasteiger partial charge in [-0.2, -0.15) is 0 Å². The highest BCUT2D eigenvalue weighted by Gasteiger charge is 2.15. The van der Waals surface area contributed by atoms with Crippen molar-refractivity contribution in [2.75, 3.05) is 6.54 Å². The summed E-state index contributed by atoms with van der Waals surface area (Å²) in [6.45, 7) is 2.38. The molecule has 0 fully saturated rings. The minimum absolute atomic E-state index is 0.111. The topological polar surface area (TPSA) is 42.0 Å². The van der Waals surface area contributed by atoms with Crippen molar-refractivity contribution < 1.29 is 9.18 Å². The number of amides is 1. The van der Waals surface area contributed by atoms with Gasteiger partial charge in [0, 0.05) is 17.5 Å². The average Bonchev–Trinajstić information content (AvgIpc) is 3.02. The molecule has 0 atom stereocenters. The Labute approximate surface area is 154 Å². The van der Waals surface area contributed by atoms with E-state index >= 15 is 0 Å². The number of rotatable bonds is 5. The second kappa shape index (κ2) is 7.76. The van der Waals surface area contributed by atoms with Gasteiger partial charge in [-0.3, -0.25) is 4.79 Å². The lowest BCUT2D eigenvalue weighted by Gasteiger charge is -2.08. The van der Waals surface area contributed by atoms with Crippen molar-refractivity contribution in [3.63, 3.8) is 0 Å². The number of halogens is 2. The molecule has 0 radical (unpaired) electrons. The molecule has 0 saturated carbocycles. The van der Waals surface area contributed by atoms with E-state index in [4.69, 9.17) is 11.6 Å². The lowest BCUT2D eigenvalue weighted by Crippen LogP contribution is -2.26. The number of carbonyl (C=O) groups is 1. The van der Waals surface area contributed by atoms with Crippen molar-refractivity contribution in [2.24, 2.45) is 0 Å². The number of carbonyl (C=O) groups excluding carboxylic acids is 1. The molecule has 0 spiro atoms. The van der Waals surface area contributed by atoms with Gasteiger partial charge < -0.3 is 5.32 Å². The van der Waals surface area contributed by atoms with Crippen molar-refractivity contribution in [2.45, 2.75) is 13.3 Å². The maximum atomic E-state index is 13.7. The van der Waals surface area contributed by atoms with Crippen LogP contribution in [0, 0.1) is 12.7 Å². The lowest BCUT2D eigenvalue weighted by molar-refractivity contribution is 0.0950. The highest BCUT2D eigenvalue weighted by Crippen LogP contribution is 2.22. The van der Waals surface area contributed by atoms with Crippen molar-refractivity contribution >= 4 is 28.8 Å². The van der Waals surface area contributed by atoms with Crippen LogP contribution < -0.4 is 5.32 Å². The zero-order valence-corrected chi connectivity index (χ0v) is 15.1. The van der Waals surface area contributed by atoms with Crippen LogP contribution in [0.5, 0.6) is 0 Å². The molecular weight excluding hydrogens is 359 g/mol. The standard InChI is InChI=1S/C19H16ClFN2OS/c1-12-23-17(11-25-12)14-7-5-13(6-8-14)9-10-22-19(24)18-15(20)3-2-4-16(18)21/h2-8,11H,9-10H2,1H3,(H,22,24). The minimum Gasteiger partial charge on any atom is -0.352 e. The van der Waals surface area contributed by atoms with Crippen molar-refractivity contribution in [3.8, 4) is 11.3 Å². The summed E-state index contributed by atoms with van der Waals surface area (Å²) in [4.78, 5) is 16.5. The SMILES string of the molecule is Cc1nc(-c2ccc(CCNC(=O)c3c(F)cccc3Cl)cc2)cs1. The van der Waals surface area contributed by atoms with Crippen LogP contribution in [-0.4, -0.2) is 17.4 Å². The number of hydrogen-bond acceptors (Lipinski definition) is 3. The van der Waals surface area contributed by atoms with Crippen LogP contribution in [0.4, 0.5) is 4.39 Å². The Balaban J connectivity index is 1.58. The summed E-state index contributed by atoms with van der Waals surface area (Å²) < 4.78 is 13.7. The summed E-state index contributed by atoms with van der Waals surface area (Å²) in [6, 6.07) is 12.2. The number of aromatic nitrogens is 1. The third-order valence-electron chi connectivity index (χ3n) is 3.76. The second-order valence-corrected chi connectivity index (χ2v) is 7.02. The number of aryl methyl sites for hydroxylation is 1. The maximum absolute atomic E-state index is 13.7. The Bertz CT molecular complexity index is 872. The molecule has 3 nitrogen and oxygen atoms in total. The Kier molecular flexibility index (Phi) is 5.46. The van der Waals surface area contributed by atoms with Gasteiger partial charge in [0.15, 0.2) is 0 Å². The van der Waals surface area contributed by atoms with E-state index in [1.165, 1.54) is 18.2 Å². The quantitative estimate of drug-likeness (QED) is 0.691. The highest BCUT2D eigenvalue weighted by atomic mass is 35.5. The first kappa shape index (κ1) is 17.6. The fraction of sp³-hybridized carbons (Fsp3) is 0.158. The zero-order valence-electron chi connectivity index (χ0n) is 13.6. The number of thiazole rings is 1. The molecule has 25 heavy (non-hydrogen) atoms. The molecule has 0 aliphatic carbocycles. The molecule has 128 valence electrons. The van der Waals surface area contributed by atoms with E-state index in [1.807, 2.05) is 36.6 Å². The molecule has 1 heterocycles. The fourth-order valence-corrected chi connectivity index (χ4v) is 3.33. The molecule has 1 N–H and O–H groups in total. The summed E-state index contributed by atoms with van der Waals surface area (Å²) in [6.07, 6.45) is 0.647. The van der Waals surface area contributed by atoms with Crippen molar-refractivity contribution in [3.05, 3.63) is 74.8 Å². The predicted octanol–water partition coefficient (Wildman–Crippen LogP) is 4.88. The van der Waals surface area contributed by atoms with Gasteiger partial charge in [-0.1, -0.05) is 41.9 Å². The number of benzene rings is 2. The van der Waals surface area contributed by atoms with Gasteiger partial charge in [0.2, 0.25) is 0 Å². The first-order valence-corrected chi connectivity index (χ1v) is 9.04. The Hall–Kier alpha value is -2.24. The van der Waals surface area contributed by atoms with Crippen molar-refractivity contribution in [1.29, 1.82) is 0 Å². The number of nitrogens with one attached hydrogen (secondary N) is 1. The van der Waals surface area contributed by atoms with E-state index in [1.54, 1.807) is 11.3 Å². The van der Waals surface area contributed by atoms with Crippen LogP contribution in [0.3, 0.4) is 0 Å². The Morgan fingerprint density at radius 1 is 1.24 bits per heavy atom. The van der Waals surface area contributed by atoms with Crippen LogP contribution in [0.1, 0.15) is 20.9 Å². The monoisotopic (exact) mass is 374 g/mol. The second-order valence-electron chi connectivity index (χ2n) is 5.55. The Morgan fingerprint density at radius 2 is 2.00 bits per heavy atom. The maximum Gasteiger partial charge on any atom is 0.255 e. The van der Waals surface area contributed by atoms with E-state index in [0.717, 1.165) is 21.8 Å². The molecule has 0 aliphatic heterocycles. The van der Waals surface area contributed by atoms with E-state index in [2.05, 4.69) is 10.3 Å². The molecule has 6 heteroatoms. The molecule has 2 aromatic carbocycles. The molecular formula is C19H16ClFN2OS. The van der Waals surface area contributed by atoms with E-state index < -0.39 is 11.7 Å². The summed E-state index contributed by atoms with van der Waals surface area (Å²) in [5.41, 5.74) is 3.00. The highest BCUT2D eigenvalue weighted by molar-refractivity contribution is 7.09. The van der Waals surface area contributed by atoms with Gasteiger partial charge in [0.25, 0.3) is 5.91 Å². The van der Waals surface area contributed by atoms with Crippen LogP contribution in [0.15, 0.2) is 47.8 Å². The summed E-state index contributed by atoms with van der Waals surface area (Å²) in [5, 5.41) is 5.88. The van der Waals surface area contributed by atoms with Crippen LogP contribution in [-0.2, 0) is 6.42 Å². The molecule has 3 aromatic rings. The minimum atomic E-state index is -0.618.